The Morgan fingerprint density at radius 3 is 2.55 bits per heavy atom. The van der Waals surface area contributed by atoms with E-state index in [-0.39, 0.29) is 23.2 Å². The maximum Gasteiger partial charge on any atom is 0.416 e. The van der Waals surface area contributed by atoms with Crippen molar-refractivity contribution in [2.45, 2.75) is 26.1 Å². The maximum atomic E-state index is 12.6. The second-order valence-electron chi connectivity index (χ2n) is 4.81. The van der Waals surface area contributed by atoms with Crippen molar-refractivity contribution in [1.29, 1.82) is 0 Å². The Balaban J connectivity index is 2.33. The van der Waals surface area contributed by atoms with Gasteiger partial charge in [0, 0.05) is 5.56 Å². The Morgan fingerprint density at radius 1 is 1.25 bits per heavy atom. The summed E-state index contributed by atoms with van der Waals surface area (Å²) in [4.78, 5) is 4.05. The van der Waals surface area contributed by atoms with E-state index >= 15 is 0 Å². The topological polar surface area (TPSA) is 64.9 Å². The Kier molecular flexibility index (Phi) is 3.80. The van der Waals surface area contributed by atoms with E-state index in [4.69, 9.17) is 10.3 Å². The van der Waals surface area contributed by atoms with Gasteiger partial charge in [-0.3, -0.25) is 0 Å². The highest BCUT2D eigenvalue weighted by Crippen LogP contribution is 2.32. The molecule has 1 atom stereocenters. The predicted molar refractivity (Wildman–Crippen MR) is 66.5 cm³/mol. The summed E-state index contributed by atoms with van der Waals surface area (Å²) in [5.74, 6) is 0.413. The van der Waals surface area contributed by atoms with E-state index < -0.39 is 17.8 Å². The van der Waals surface area contributed by atoms with Crippen LogP contribution in [0.15, 0.2) is 28.8 Å². The number of nitrogens with two attached hydrogens (primary N) is 1. The smallest absolute Gasteiger partial charge is 0.334 e. The first kappa shape index (κ1) is 14.5. The molecule has 0 fully saturated rings. The van der Waals surface area contributed by atoms with Gasteiger partial charge in [-0.15, -0.1) is 0 Å². The van der Waals surface area contributed by atoms with Gasteiger partial charge in [0.2, 0.25) is 0 Å². The summed E-state index contributed by atoms with van der Waals surface area (Å²) >= 11 is 0. The number of hydrogen-bond acceptors (Lipinski definition) is 4. The van der Waals surface area contributed by atoms with Gasteiger partial charge in [-0.1, -0.05) is 25.1 Å². The fourth-order valence-corrected chi connectivity index (χ4v) is 1.61. The average molecular weight is 285 g/mol. The van der Waals surface area contributed by atoms with Crippen molar-refractivity contribution in [3.05, 3.63) is 35.7 Å². The first-order valence-corrected chi connectivity index (χ1v) is 6.06. The van der Waals surface area contributed by atoms with Crippen molar-refractivity contribution in [2.75, 3.05) is 0 Å². The van der Waals surface area contributed by atoms with Crippen LogP contribution in [0.5, 0.6) is 0 Å². The minimum Gasteiger partial charge on any atom is -0.334 e. The van der Waals surface area contributed by atoms with E-state index in [1.807, 2.05) is 13.8 Å². The molecular weight excluding hydrogens is 271 g/mol. The molecule has 1 aromatic carbocycles. The van der Waals surface area contributed by atoms with Crippen LogP contribution in [0.1, 0.15) is 31.3 Å². The summed E-state index contributed by atoms with van der Waals surface area (Å²) in [6, 6.07) is 4.31. The highest BCUT2D eigenvalue weighted by atomic mass is 19.4. The first-order chi connectivity index (χ1) is 9.29. The maximum absolute atomic E-state index is 12.6. The lowest BCUT2D eigenvalue weighted by Gasteiger charge is -2.09. The number of benzene rings is 1. The minimum atomic E-state index is -4.41. The normalized spacial score (nSPS) is 13.8. The number of alkyl halides is 3. The first-order valence-electron chi connectivity index (χ1n) is 6.06. The van der Waals surface area contributed by atoms with Crippen LogP contribution < -0.4 is 5.73 Å². The third kappa shape index (κ3) is 2.98. The summed E-state index contributed by atoms with van der Waals surface area (Å²) in [5, 5.41) is 3.71. The molecule has 0 saturated carbocycles. The summed E-state index contributed by atoms with van der Waals surface area (Å²) in [6.45, 7) is 3.79. The molecule has 2 rings (SSSR count). The molecule has 7 heteroatoms. The van der Waals surface area contributed by atoms with E-state index in [0.717, 1.165) is 12.1 Å². The van der Waals surface area contributed by atoms with Gasteiger partial charge >= 0.3 is 6.18 Å². The summed E-state index contributed by atoms with van der Waals surface area (Å²) in [7, 11) is 0. The van der Waals surface area contributed by atoms with E-state index in [9.17, 15) is 13.2 Å². The summed E-state index contributed by atoms with van der Waals surface area (Å²) < 4.78 is 42.9. The third-order valence-corrected chi connectivity index (χ3v) is 2.89. The van der Waals surface area contributed by atoms with Gasteiger partial charge < -0.3 is 10.3 Å². The van der Waals surface area contributed by atoms with Crippen LogP contribution in [0, 0.1) is 5.92 Å². The summed E-state index contributed by atoms with van der Waals surface area (Å²) in [5.41, 5.74) is 5.32. The average Bonchev–Trinajstić information content (AvgIpc) is 2.86. The van der Waals surface area contributed by atoms with Crippen molar-refractivity contribution in [3.8, 4) is 11.5 Å². The molecule has 1 unspecified atom stereocenters. The molecule has 108 valence electrons. The zero-order chi connectivity index (χ0) is 14.9. The second-order valence-corrected chi connectivity index (χ2v) is 4.81. The number of nitrogens with zero attached hydrogens (tertiary/aromatic N) is 2. The molecule has 20 heavy (non-hydrogen) atoms. The van der Waals surface area contributed by atoms with Gasteiger partial charge in [-0.25, -0.2) is 0 Å². The zero-order valence-electron chi connectivity index (χ0n) is 11.0. The molecule has 0 amide bonds. The van der Waals surface area contributed by atoms with Crippen molar-refractivity contribution in [1.82, 2.24) is 10.1 Å². The summed E-state index contributed by atoms with van der Waals surface area (Å²) in [6.07, 6.45) is -4.41. The van der Waals surface area contributed by atoms with E-state index in [0.29, 0.717) is 0 Å². The fraction of sp³-hybridized carbons (Fsp3) is 0.385. The lowest BCUT2D eigenvalue weighted by atomic mass is 10.1. The van der Waals surface area contributed by atoms with Crippen molar-refractivity contribution < 1.29 is 17.7 Å². The van der Waals surface area contributed by atoms with Crippen LogP contribution in [0.25, 0.3) is 11.5 Å². The zero-order valence-corrected chi connectivity index (χ0v) is 11.0. The molecular formula is C13H14F3N3O. The van der Waals surface area contributed by atoms with Crippen LogP contribution in [-0.2, 0) is 6.18 Å². The van der Waals surface area contributed by atoms with E-state index in [2.05, 4.69) is 10.1 Å². The Morgan fingerprint density at radius 2 is 1.95 bits per heavy atom. The Bertz CT molecular complexity index is 593. The molecule has 0 aliphatic carbocycles. The Labute approximate surface area is 113 Å². The minimum absolute atomic E-state index is 0.0298. The molecule has 1 aromatic heterocycles. The molecule has 4 nitrogen and oxygen atoms in total. The van der Waals surface area contributed by atoms with E-state index in [1.54, 1.807) is 0 Å². The largest absolute Gasteiger partial charge is 0.416 e. The molecule has 1 heterocycles. The number of aromatic nitrogens is 2. The molecule has 0 saturated heterocycles. The van der Waals surface area contributed by atoms with Gasteiger partial charge in [0.15, 0.2) is 5.82 Å². The highest BCUT2D eigenvalue weighted by molar-refractivity contribution is 5.54. The van der Waals surface area contributed by atoms with Gasteiger partial charge in [0.05, 0.1) is 11.6 Å². The molecule has 2 N–H and O–H groups in total. The lowest BCUT2D eigenvalue weighted by Crippen LogP contribution is -2.18. The molecule has 0 aliphatic heterocycles. The van der Waals surface area contributed by atoms with E-state index in [1.165, 1.54) is 12.1 Å². The molecule has 0 radical (unpaired) electrons. The van der Waals surface area contributed by atoms with Crippen LogP contribution in [0.3, 0.4) is 0 Å². The number of hydrogen-bond donors (Lipinski definition) is 1. The number of rotatable bonds is 3. The fourth-order valence-electron chi connectivity index (χ4n) is 1.61. The molecule has 0 spiro atoms. The highest BCUT2D eigenvalue weighted by Gasteiger charge is 2.31. The van der Waals surface area contributed by atoms with Crippen molar-refractivity contribution in [3.63, 3.8) is 0 Å². The standard InChI is InChI=1S/C13H14F3N3O/c1-7(2)10(17)11-18-12(20-19-11)8-4-3-5-9(6-8)13(14,15)16/h3-7,10H,17H2,1-2H3. The lowest BCUT2D eigenvalue weighted by molar-refractivity contribution is -0.137. The molecule has 0 bridgehead atoms. The van der Waals surface area contributed by atoms with Gasteiger partial charge in [0.1, 0.15) is 0 Å². The van der Waals surface area contributed by atoms with Gasteiger partial charge in [-0.05, 0) is 24.1 Å². The van der Waals surface area contributed by atoms with Crippen LogP contribution in [-0.4, -0.2) is 10.1 Å². The third-order valence-electron chi connectivity index (χ3n) is 2.89. The SMILES string of the molecule is CC(C)C(N)c1noc(-c2cccc(C(F)(F)F)c2)n1. The molecule has 2 aromatic rings. The van der Waals surface area contributed by atoms with Crippen molar-refractivity contribution in [2.24, 2.45) is 11.7 Å². The van der Waals surface area contributed by atoms with Crippen molar-refractivity contribution >= 4 is 0 Å². The quantitative estimate of drug-likeness (QED) is 0.938. The molecule has 0 aliphatic rings. The number of halogens is 3. The van der Waals surface area contributed by atoms with Gasteiger partial charge in [-0.2, -0.15) is 18.2 Å². The second kappa shape index (κ2) is 5.24. The van der Waals surface area contributed by atoms with Crippen LogP contribution in [0.2, 0.25) is 0 Å². The monoisotopic (exact) mass is 285 g/mol. The Hall–Kier alpha value is -1.89. The van der Waals surface area contributed by atoms with Gasteiger partial charge in [0.25, 0.3) is 5.89 Å². The van der Waals surface area contributed by atoms with Crippen LogP contribution in [0.4, 0.5) is 13.2 Å². The van der Waals surface area contributed by atoms with Crippen LogP contribution >= 0.6 is 0 Å². The predicted octanol–water partition coefficient (Wildman–Crippen LogP) is 3.41.